The van der Waals surface area contributed by atoms with Gasteiger partial charge in [0.2, 0.25) is 0 Å². The van der Waals surface area contributed by atoms with Crippen molar-refractivity contribution in [3.63, 3.8) is 0 Å². The SMILES string of the molecule is O=C(NC[C@H]1CSCCN1Cc1ccccc1)c1cn[nH]c1. The fraction of sp³-hybridized carbons (Fsp3) is 0.375. The van der Waals surface area contributed by atoms with Crippen LogP contribution < -0.4 is 5.32 Å². The second-order valence-electron chi connectivity index (χ2n) is 5.38. The third kappa shape index (κ3) is 3.90. The summed E-state index contributed by atoms with van der Waals surface area (Å²) in [6.07, 6.45) is 3.17. The maximum absolute atomic E-state index is 12.0. The smallest absolute Gasteiger partial charge is 0.254 e. The van der Waals surface area contributed by atoms with Gasteiger partial charge in [-0.15, -0.1) is 0 Å². The van der Waals surface area contributed by atoms with Crippen LogP contribution in [0.15, 0.2) is 42.7 Å². The van der Waals surface area contributed by atoms with Gasteiger partial charge in [-0.3, -0.25) is 14.8 Å². The highest BCUT2D eigenvalue weighted by atomic mass is 32.2. The molecule has 0 aliphatic carbocycles. The van der Waals surface area contributed by atoms with Crippen molar-refractivity contribution in [2.75, 3.05) is 24.6 Å². The zero-order valence-corrected chi connectivity index (χ0v) is 13.2. The number of H-pyrrole nitrogens is 1. The molecule has 2 heterocycles. The van der Waals surface area contributed by atoms with Crippen LogP contribution in [0.5, 0.6) is 0 Å². The quantitative estimate of drug-likeness (QED) is 0.882. The molecule has 22 heavy (non-hydrogen) atoms. The highest BCUT2D eigenvalue weighted by Crippen LogP contribution is 2.18. The molecule has 2 N–H and O–H groups in total. The molecule has 3 rings (SSSR count). The number of hydrogen-bond acceptors (Lipinski definition) is 4. The molecule has 6 heteroatoms. The number of nitrogens with zero attached hydrogens (tertiary/aromatic N) is 2. The van der Waals surface area contributed by atoms with Gasteiger partial charge in [0.15, 0.2) is 0 Å². The van der Waals surface area contributed by atoms with Crippen LogP contribution in [0.4, 0.5) is 0 Å². The van der Waals surface area contributed by atoms with Crippen molar-refractivity contribution >= 4 is 17.7 Å². The van der Waals surface area contributed by atoms with Gasteiger partial charge in [0, 0.05) is 43.4 Å². The second-order valence-corrected chi connectivity index (χ2v) is 6.53. The molecular formula is C16H20N4OS. The summed E-state index contributed by atoms with van der Waals surface area (Å²) in [7, 11) is 0. The molecule has 1 aromatic heterocycles. The minimum Gasteiger partial charge on any atom is -0.350 e. The van der Waals surface area contributed by atoms with Crippen molar-refractivity contribution in [2.24, 2.45) is 0 Å². The lowest BCUT2D eigenvalue weighted by atomic mass is 10.1. The van der Waals surface area contributed by atoms with Crippen molar-refractivity contribution in [3.8, 4) is 0 Å². The molecule has 1 aromatic carbocycles. The fourth-order valence-corrected chi connectivity index (χ4v) is 3.72. The molecule has 0 saturated carbocycles. The molecule has 5 nitrogen and oxygen atoms in total. The van der Waals surface area contributed by atoms with Gasteiger partial charge in [-0.1, -0.05) is 30.3 Å². The lowest BCUT2D eigenvalue weighted by Gasteiger charge is -2.35. The summed E-state index contributed by atoms with van der Waals surface area (Å²) in [5.74, 6) is 2.14. The Labute approximate surface area is 134 Å². The van der Waals surface area contributed by atoms with Gasteiger partial charge in [-0.2, -0.15) is 16.9 Å². The normalized spacial score (nSPS) is 19.0. The van der Waals surface area contributed by atoms with Gasteiger partial charge in [0.25, 0.3) is 5.91 Å². The van der Waals surface area contributed by atoms with E-state index in [0.717, 1.165) is 24.6 Å². The van der Waals surface area contributed by atoms with Gasteiger partial charge in [-0.05, 0) is 5.56 Å². The number of carbonyl (C=O) groups is 1. The highest BCUT2D eigenvalue weighted by molar-refractivity contribution is 7.99. The fourth-order valence-electron chi connectivity index (χ4n) is 2.59. The summed E-state index contributed by atoms with van der Waals surface area (Å²) >= 11 is 1.95. The van der Waals surface area contributed by atoms with Crippen LogP contribution in [0.1, 0.15) is 15.9 Å². The number of benzene rings is 1. The number of amides is 1. The topological polar surface area (TPSA) is 61.0 Å². The lowest BCUT2D eigenvalue weighted by molar-refractivity contribution is 0.0935. The van der Waals surface area contributed by atoms with E-state index in [2.05, 4.69) is 44.7 Å². The van der Waals surface area contributed by atoms with E-state index in [-0.39, 0.29) is 5.91 Å². The molecule has 0 radical (unpaired) electrons. The highest BCUT2D eigenvalue weighted by Gasteiger charge is 2.23. The molecule has 1 amide bonds. The Morgan fingerprint density at radius 2 is 2.27 bits per heavy atom. The first-order valence-corrected chi connectivity index (χ1v) is 8.61. The van der Waals surface area contributed by atoms with Crippen molar-refractivity contribution in [2.45, 2.75) is 12.6 Å². The Balaban J connectivity index is 1.57. The van der Waals surface area contributed by atoms with Crippen molar-refractivity contribution in [3.05, 3.63) is 53.9 Å². The number of aromatic amines is 1. The van der Waals surface area contributed by atoms with Crippen LogP contribution in [-0.2, 0) is 6.54 Å². The monoisotopic (exact) mass is 316 g/mol. The Morgan fingerprint density at radius 3 is 3.05 bits per heavy atom. The predicted molar refractivity (Wildman–Crippen MR) is 88.9 cm³/mol. The largest absolute Gasteiger partial charge is 0.350 e. The minimum atomic E-state index is -0.0658. The second kappa shape index (κ2) is 7.47. The Kier molecular flexibility index (Phi) is 5.13. The molecule has 116 valence electrons. The van der Waals surface area contributed by atoms with Crippen LogP contribution in [0.2, 0.25) is 0 Å². The zero-order chi connectivity index (χ0) is 15.2. The number of aromatic nitrogens is 2. The minimum absolute atomic E-state index is 0.0658. The number of thioether (sulfide) groups is 1. The summed E-state index contributed by atoms with van der Waals surface area (Å²) in [5.41, 5.74) is 1.90. The van der Waals surface area contributed by atoms with E-state index in [0.29, 0.717) is 18.2 Å². The van der Waals surface area contributed by atoms with Crippen LogP contribution in [-0.4, -0.2) is 51.6 Å². The number of hydrogen-bond donors (Lipinski definition) is 2. The Hall–Kier alpha value is -1.79. The molecule has 1 fully saturated rings. The van der Waals surface area contributed by atoms with Crippen LogP contribution in [0, 0.1) is 0 Å². The van der Waals surface area contributed by atoms with Gasteiger partial charge in [-0.25, -0.2) is 0 Å². The molecule has 1 aliphatic rings. The Morgan fingerprint density at radius 1 is 1.41 bits per heavy atom. The standard InChI is InChI=1S/C16H20N4OS/c21-16(14-8-18-19-9-14)17-10-15-12-22-7-6-20(15)11-13-4-2-1-3-5-13/h1-5,8-9,15H,6-7,10-12H2,(H,17,21)(H,18,19)/t15-/m0/s1. The average molecular weight is 316 g/mol. The van der Waals surface area contributed by atoms with E-state index in [1.807, 2.05) is 17.8 Å². The molecule has 2 aromatic rings. The van der Waals surface area contributed by atoms with Gasteiger partial charge >= 0.3 is 0 Å². The van der Waals surface area contributed by atoms with Crippen molar-refractivity contribution in [1.82, 2.24) is 20.4 Å². The van der Waals surface area contributed by atoms with Crippen LogP contribution in [0.3, 0.4) is 0 Å². The first-order chi connectivity index (χ1) is 10.8. The lowest BCUT2D eigenvalue weighted by Crippen LogP contribution is -2.48. The molecule has 0 bridgehead atoms. The average Bonchev–Trinajstić information content (AvgIpc) is 3.09. The maximum atomic E-state index is 12.0. The van der Waals surface area contributed by atoms with Crippen LogP contribution in [0.25, 0.3) is 0 Å². The first-order valence-electron chi connectivity index (χ1n) is 7.45. The van der Waals surface area contributed by atoms with E-state index in [1.54, 1.807) is 12.4 Å². The van der Waals surface area contributed by atoms with Gasteiger partial charge < -0.3 is 5.32 Å². The number of rotatable bonds is 5. The van der Waals surface area contributed by atoms with Crippen molar-refractivity contribution < 1.29 is 4.79 Å². The van der Waals surface area contributed by atoms with Crippen LogP contribution >= 0.6 is 11.8 Å². The molecule has 0 spiro atoms. The zero-order valence-electron chi connectivity index (χ0n) is 12.4. The molecule has 1 aliphatic heterocycles. The molecule has 1 saturated heterocycles. The van der Waals surface area contributed by atoms with Gasteiger partial charge in [0.05, 0.1) is 11.8 Å². The summed E-state index contributed by atoms with van der Waals surface area (Å²) < 4.78 is 0. The molecule has 0 unspecified atom stereocenters. The van der Waals surface area contributed by atoms with Gasteiger partial charge in [0.1, 0.15) is 0 Å². The third-order valence-corrected chi connectivity index (χ3v) is 4.93. The first kappa shape index (κ1) is 15.1. The summed E-state index contributed by atoms with van der Waals surface area (Å²) in [5, 5.41) is 9.49. The van der Waals surface area contributed by atoms with Crippen molar-refractivity contribution in [1.29, 1.82) is 0 Å². The third-order valence-electron chi connectivity index (χ3n) is 3.84. The van der Waals surface area contributed by atoms with E-state index in [1.165, 1.54) is 5.56 Å². The summed E-state index contributed by atoms with van der Waals surface area (Å²) in [6, 6.07) is 10.9. The van der Waals surface area contributed by atoms with E-state index < -0.39 is 0 Å². The molecule has 1 atom stereocenters. The number of nitrogens with one attached hydrogen (secondary N) is 2. The Bertz CT molecular complexity index is 587. The predicted octanol–water partition coefficient (Wildman–Crippen LogP) is 1.76. The molecular weight excluding hydrogens is 296 g/mol. The van der Waals surface area contributed by atoms with E-state index in [4.69, 9.17) is 0 Å². The summed E-state index contributed by atoms with van der Waals surface area (Å²) in [4.78, 5) is 14.5. The maximum Gasteiger partial charge on any atom is 0.254 e. The van der Waals surface area contributed by atoms with E-state index in [9.17, 15) is 4.79 Å². The van der Waals surface area contributed by atoms with E-state index >= 15 is 0 Å². The number of carbonyl (C=O) groups excluding carboxylic acids is 1. The summed E-state index contributed by atoms with van der Waals surface area (Å²) in [6.45, 7) is 2.67.